The Morgan fingerprint density at radius 3 is 2.83 bits per heavy atom. The van der Waals surface area contributed by atoms with E-state index in [4.69, 9.17) is 0 Å². The molecule has 23 heavy (non-hydrogen) atoms. The number of nitrogens with zero attached hydrogens (tertiary/aromatic N) is 1. The number of carbonyl (C=O) groups excluding carboxylic acids is 1. The van der Waals surface area contributed by atoms with Gasteiger partial charge in [-0.3, -0.25) is 10.2 Å². The average Bonchev–Trinajstić information content (AvgIpc) is 3.00. The molecule has 0 fully saturated rings. The van der Waals surface area contributed by atoms with E-state index in [9.17, 15) is 14.3 Å². The molecule has 5 nitrogen and oxygen atoms in total. The molecule has 2 aliphatic rings. The van der Waals surface area contributed by atoms with Crippen molar-refractivity contribution < 1.29 is 14.3 Å². The first kappa shape index (κ1) is 13.9. The molecule has 6 heteroatoms. The topological polar surface area (TPSA) is 73.7 Å². The SMILES string of the molecule is Cc1cc(F)ccc1C1=NNC2(C(=O)Nc3ccccc32)C1O. The van der Waals surface area contributed by atoms with Crippen LogP contribution in [0.25, 0.3) is 0 Å². The molecule has 3 N–H and O–H groups in total. The summed E-state index contributed by atoms with van der Waals surface area (Å²) in [7, 11) is 0. The zero-order valence-electron chi connectivity index (χ0n) is 12.3. The van der Waals surface area contributed by atoms with Crippen LogP contribution in [0, 0.1) is 12.7 Å². The van der Waals surface area contributed by atoms with Crippen molar-refractivity contribution in [3.63, 3.8) is 0 Å². The minimum Gasteiger partial charge on any atom is -0.383 e. The number of hydrazone groups is 1. The molecule has 0 saturated heterocycles. The van der Waals surface area contributed by atoms with Crippen LogP contribution >= 0.6 is 0 Å². The predicted molar refractivity (Wildman–Crippen MR) is 83.6 cm³/mol. The molecule has 1 spiro atoms. The lowest BCUT2D eigenvalue weighted by Gasteiger charge is -2.26. The number of halogens is 1. The molecule has 116 valence electrons. The summed E-state index contributed by atoms with van der Waals surface area (Å²) in [5, 5.41) is 17.8. The van der Waals surface area contributed by atoms with E-state index in [1.165, 1.54) is 12.1 Å². The highest BCUT2D eigenvalue weighted by Crippen LogP contribution is 2.41. The number of amides is 1. The van der Waals surface area contributed by atoms with E-state index < -0.39 is 11.6 Å². The zero-order valence-corrected chi connectivity index (χ0v) is 12.3. The van der Waals surface area contributed by atoms with Crippen molar-refractivity contribution in [1.29, 1.82) is 0 Å². The standard InChI is InChI=1S/C17H14FN3O2/c1-9-8-10(18)6-7-11(9)14-15(22)17(21-20-14)12-4-2-3-5-13(12)19-16(17)23/h2-8,15,21-22H,1H3,(H,19,23). The van der Waals surface area contributed by atoms with Gasteiger partial charge in [-0.15, -0.1) is 0 Å². The summed E-state index contributed by atoms with van der Waals surface area (Å²) in [4.78, 5) is 12.5. The summed E-state index contributed by atoms with van der Waals surface area (Å²) >= 11 is 0. The molecule has 0 bridgehead atoms. The summed E-state index contributed by atoms with van der Waals surface area (Å²) in [6.45, 7) is 1.74. The third-order valence-electron chi connectivity index (χ3n) is 4.44. The van der Waals surface area contributed by atoms with E-state index >= 15 is 0 Å². The molecule has 2 aliphatic heterocycles. The minimum absolute atomic E-state index is 0.328. The molecular formula is C17H14FN3O2. The first-order valence-electron chi connectivity index (χ1n) is 7.24. The Morgan fingerprint density at radius 1 is 1.26 bits per heavy atom. The number of rotatable bonds is 1. The van der Waals surface area contributed by atoms with Gasteiger partial charge in [-0.2, -0.15) is 5.10 Å². The lowest BCUT2D eigenvalue weighted by molar-refractivity contribution is -0.124. The summed E-state index contributed by atoms with van der Waals surface area (Å²) < 4.78 is 13.3. The molecule has 1 amide bonds. The van der Waals surface area contributed by atoms with Crippen molar-refractivity contribution in [3.8, 4) is 0 Å². The van der Waals surface area contributed by atoms with Crippen molar-refractivity contribution in [2.75, 3.05) is 5.32 Å². The maximum Gasteiger partial charge on any atom is 0.259 e. The van der Waals surface area contributed by atoms with E-state index in [2.05, 4.69) is 15.8 Å². The molecule has 0 saturated carbocycles. The van der Waals surface area contributed by atoms with Crippen LogP contribution in [0.5, 0.6) is 0 Å². The van der Waals surface area contributed by atoms with E-state index in [0.717, 1.165) is 0 Å². The number of hydrogen-bond acceptors (Lipinski definition) is 4. The summed E-state index contributed by atoms with van der Waals surface area (Å²) in [6.07, 6.45) is -1.17. The van der Waals surface area contributed by atoms with E-state index in [0.29, 0.717) is 28.1 Å². The third kappa shape index (κ3) is 1.75. The van der Waals surface area contributed by atoms with Crippen LogP contribution in [0.4, 0.5) is 10.1 Å². The van der Waals surface area contributed by atoms with Gasteiger partial charge in [0.2, 0.25) is 0 Å². The number of nitrogens with one attached hydrogen (secondary N) is 2. The lowest BCUT2D eigenvalue weighted by atomic mass is 9.83. The Balaban J connectivity index is 1.81. The molecule has 0 aliphatic carbocycles. The van der Waals surface area contributed by atoms with Crippen LogP contribution in [0.3, 0.4) is 0 Å². The van der Waals surface area contributed by atoms with E-state index in [1.807, 2.05) is 6.07 Å². The van der Waals surface area contributed by atoms with Crippen LogP contribution in [-0.2, 0) is 10.3 Å². The highest BCUT2D eigenvalue weighted by Gasteiger charge is 2.57. The van der Waals surface area contributed by atoms with Gasteiger partial charge in [0.1, 0.15) is 11.9 Å². The third-order valence-corrected chi connectivity index (χ3v) is 4.44. The first-order valence-corrected chi connectivity index (χ1v) is 7.24. The van der Waals surface area contributed by atoms with Gasteiger partial charge in [0, 0.05) is 16.8 Å². The van der Waals surface area contributed by atoms with Gasteiger partial charge < -0.3 is 10.4 Å². The zero-order chi connectivity index (χ0) is 16.2. The second-order valence-corrected chi connectivity index (χ2v) is 5.78. The number of benzene rings is 2. The molecule has 4 rings (SSSR count). The molecular weight excluding hydrogens is 297 g/mol. The Morgan fingerprint density at radius 2 is 2.04 bits per heavy atom. The Labute approximate surface area is 131 Å². The average molecular weight is 311 g/mol. The van der Waals surface area contributed by atoms with Crippen molar-refractivity contribution in [2.24, 2.45) is 5.10 Å². The number of hydrogen-bond donors (Lipinski definition) is 3. The minimum atomic E-state index is -1.34. The van der Waals surface area contributed by atoms with Crippen LogP contribution in [-0.4, -0.2) is 22.8 Å². The molecule has 0 radical (unpaired) electrons. The van der Waals surface area contributed by atoms with Gasteiger partial charge in [-0.1, -0.05) is 18.2 Å². The lowest BCUT2D eigenvalue weighted by Crippen LogP contribution is -2.52. The molecule has 2 heterocycles. The van der Waals surface area contributed by atoms with Gasteiger partial charge >= 0.3 is 0 Å². The van der Waals surface area contributed by atoms with E-state index in [1.54, 1.807) is 31.2 Å². The first-order chi connectivity index (χ1) is 11.0. The largest absolute Gasteiger partial charge is 0.383 e. The van der Waals surface area contributed by atoms with Crippen molar-refractivity contribution in [3.05, 3.63) is 65.0 Å². The fourth-order valence-electron chi connectivity index (χ4n) is 3.26. The summed E-state index contributed by atoms with van der Waals surface area (Å²) in [5.74, 6) is -0.712. The molecule has 2 aromatic carbocycles. The second kappa shape index (κ2) is 4.63. The highest BCUT2D eigenvalue weighted by molar-refractivity contribution is 6.16. The number of aryl methyl sites for hydroxylation is 1. The van der Waals surface area contributed by atoms with Gasteiger partial charge in [-0.05, 0) is 36.8 Å². The maximum atomic E-state index is 13.3. The van der Waals surface area contributed by atoms with Gasteiger partial charge in [-0.25, -0.2) is 4.39 Å². The van der Waals surface area contributed by atoms with Crippen molar-refractivity contribution in [2.45, 2.75) is 18.6 Å². The van der Waals surface area contributed by atoms with E-state index in [-0.39, 0.29) is 11.7 Å². The van der Waals surface area contributed by atoms with Crippen molar-refractivity contribution >= 4 is 17.3 Å². The van der Waals surface area contributed by atoms with Crippen molar-refractivity contribution in [1.82, 2.24) is 5.43 Å². The smallest absolute Gasteiger partial charge is 0.259 e. The fraction of sp³-hybridized carbons (Fsp3) is 0.176. The number of anilines is 1. The monoisotopic (exact) mass is 311 g/mol. The number of aliphatic hydroxyl groups excluding tert-OH is 1. The Kier molecular flexibility index (Phi) is 2.80. The van der Waals surface area contributed by atoms with Crippen LogP contribution in [0.2, 0.25) is 0 Å². The fourth-order valence-corrected chi connectivity index (χ4v) is 3.26. The number of fused-ring (bicyclic) bond motifs is 2. The maximum absolute atomic E-state index is 13.3. The number of carbonyl (C=O) groups is 1. The number of aliphatic hydroxyl groups is 1. The number of para-hydroxylation sites is 1. The van der Waals surface area contributed by atoms with Crippen LogP contribution in [0.1, 0.15) is 16.7 Å². The molecule has 2 atom stereocenters. The van der Waals surface area contributed by atoms with Gasteiger partial charge in [0.05, 0.1) is 5.71 Å². The summed E-state index contributed by atoms with van der Waals surface area (Å²) in [5.41, 5.74) is 4.35. The summed E-state index contributed by atoms with van der Waals surface area (Å²) in [6, 6.07) is 11.4. The molecule has 2 aromatic rings. The normalized spacial score (nSPS) is 25.1. The Hall–Kier alpha value is -2.73. The second-order valence-electron chi connectivity index (χ2n) is 5.78. The Bertz CT molecular complexity index is 865. The van der Waals surface area contributed by atoms with Gasteiger partial charge in [0.15, 0.2) is 5.54 Å². The quantitative estimate of drug-likeness (QED) is 0.750. The van der Waals surface area contributed by atoms with Crippen LogP contribution < -0.4 is 10.7 Å². The van der Waals surface area contributed by atoms with Crippen LogP contribution in [0.15, 0.2) is 47.6 Å². The van der Waals surface area contributed by atoms with Gasteiger partial charge in [0.25, 0.3) is 5.91 Å². The highest BCUT2D eigenvalue weighted by atomic mass is 19.1. The molecule has 2 unspecified atom stereocenters. The molecule has 0 aromatic heterocycles. The predicted octanol–water partition coefficient (Wildman–Crippen LogP) is 1.65.